The molecule has 2 atom stereocenters. The van der Waals surface area contributed by atoms with Crippen LogP contribution in [0.5, 0.6) is 0 Å². The molecule has 0 aromatic rings. The Bertz CT molecular complexity index is 1230. The molecule has 79 heavy (non-hydrogen) atoms. The molecule has 0 radical (unpaired) electrons. The minimum atomic E-state index is -4.59. The summed E-state index contributed by atoms with van der Waals surface area (Å²) in [5, 5.41) is 0. The summed E-state index contributed by atoms with van der Waals surface area (Å²) in [5.74, 6) is 0.396. The van der Waals surface area contributed by atoms with Crippen molar-refractivity contribution in [3.63, 3.8) is 0 Å². The van der Waals surface area contributed by atoms with Crippen molar-refractivity contribution in [1.82, 2.24) is 0 Å². The Balaban J connectivity index is -0.00000144. The normalized spacial score (nSPS) is 12.6. The second kappa shape index (κ2) is 69.8. The molecule has 11 heteroatoms. The zero-order chi connectivity index (χ0) is 57.4. The van der Waals surface area contributed by atoms with Crippen LogP contribution in [-0.4, -0.2) is 76.9 Å². The third kappa shape index (κ3) is 79.0. The van der Waals surface area contributed by atoms with Gasteiger partial charge in [-0.3, -0.25) is 8.37 Å². The van der Waals surface area contributed by atoms with Crippen molar-refractivity contribution < 1.29 is 34.3 Å². The van der Waals surface area contributed by atoms with Gasteiger partial charge in [0.05, 0.1) is 13.2 Å². The van der Waals surface area contributed by atoms with Gasteiger partial charge in [-0.15, -0.1) is 0 Å². The van der Waals surface area contributed by atoms with Crippen LogP contribution in [0.25, 0.3) is 0 Å². The maximum Gasteiger partial charge on any atom is 2.00 e. The average molecular weight is 1190 g/mol. The number of unbranched alkanes of at least 4 members (excludes halogenated alkanes) is 52. The van der Waals surface area contributed by atoms with E-state index < -0.39 is 20.8 Å². The van der Waals surface area contributed by atoms with E-state index in [9.17, 15) is 25.9 Å². The largest absolute Gasteiger partial charge is 2.00 e. The first-order valence-corrected chi connectivity index (χ1v) is 37.9. The quantitative estimate of drug-likeness (QED) is 0.0254. The van der Waals surface area contributed by atoms with Gasteiger partial charge in [0.15, 0.2) is 0 Å². The molecule has 0 spiro atoms. The summed E-state index contributed by atoms with van der Waals surface area (Å²) >= 11 is 0. The Morgan fingerprint density at radius 3 is 0.456 bits per heavy atom. The first-order chi connectivity index (χ1) is 38.0. The van der Waals surface area contributed by atoms with Gasteiger partial charge in [0.25, 0.3) is 0 Å². The minimum Gasteiger partial charge on any atom is -0.726 e. The Kier molecular flexibility index (Phi) is 74.4. The maximum atomic E-state index is 11.0. The van der Waals surface area contributed by atoms with Crippen molar-refractivity contribution in [2.75, 3.05) is 13.2 Å². The van der Waals surface area contributed by atoms with Crippen LogP contribution in [-0.2, 0) is 29.2 Å². The van der Waals surface area contributed by atoms with E-state index in [2.05, 4.69) is 36.1 Å². The molecule has 0 saturated carbocycles. The summed E-state index contributed by atoms with van der Waals surface area (Å²) in [6, 6.07) is 0. The van der Waals surface area contributed by atoms with E-state index in [1.54, 1.807) is 0 Å². The monoisotopic (exact) mass is 1190 g/mol. The number of hydrogen-bond acceptors (Lipinski definition) is 8. The van der Waals surface area contributed by atoms with Gasteiger partial charge < -0.3 is 9.11 Å². The molecule has 8 nitrogen and oxygen atoms in total. The van der Waals surface area contributed by atoms with Gasteiger partial charge in [0.2, 0.25) is 20.8 Å². The van der Waals surface area contributed by atoms with E-state index in [1.807, 2.05) is 0 Å². The third-order valence-electron chi connectivity index (χ3n) is 16.8. The van der Waals surface area contributed by atoms with Crippen molar-refractivity contribution in [1.29, 1.82) is 0 Å². The Morgan fingerprint density at radius 1 is 0.228 bits per heavy atom. The molecule has 0 aliphatic rings. The first-order valence-electron chi connectivity index (χ1n) is 35.2. The molecule has 2 unspecified atom stereocenters. The summed E-state index contributed by atoms with van der Waals surface area (Å²) in [6.07, 6.45) is 79.1. The molecule has 0 N–H and O–H groups in total. The molecule has 0 aromatic carbocycles. The zero-order valence-corrected chi connectivity index (χ0v) is 57.6. The van der Waals surface area contributed by atoms with Crippen LogP contribution in [0, 0.1) is 11.8 Å². The van der Waals surface area contributed by atoms with Crippen molar-refractivity contribution in [2.45, 2.75) is 413 Å². The van der Waals surface area contributed by atoms with E-state index >= 15 is 0 Å². The molecule has 0 bridgehead atoms. The standard InChI is InChI=1S/2C34H70O4S.Ca/c2*1-3-5-7-9-11-13-15-16-17-18-19-20-22-24-26-28-30-32-34(33-38-39(35,36)37)31-29-27-25-23-21-14-12-10-8-6-4-2;/h2*34H,3-33H2,1-2H3,(H,35,36,37);/q;;+2/p-2. The molecular weight excluding hydrogens is 1050 g/mol. The van der Waals surface area contributed by atoms with Crippen LogP contribution < -0.4 is 0 Å². The fraction of sp³-hybridized carbons (Fsp3) is 1.00. The van der Waals surface area contributed by atoms with Crippen molar-refractivity contribution >= 4 is 58.5 Å². The predicted molar refractivity (Wildman–Crippen MR) is 344 cm³/mol. The van der Waals surface area contributed by atoms with Crippen LogP contribution in [0.3, 0.4) is 0 Å². The summed E-state index contributed by atoms with van der Waals surface area (Å²) in [5.41, 5.74) is 0. The minimum absolute atomic E-state index is 0. The smallest absolute Gasteiger partial charge is 0.726 e. The van der Waals surface area contributed by atoms with Crippen molar-refractivity contribution in [3.8, 4) is 0 Å². The van der Waals surface area contributed by atoms with Crippen LogP contribution in [0.4, 0.5) is 0 Å². The number of rotatable bonds is 66. The fourth-order valence-corrected chi connectivity index (χ4v) is 12.2. The molecule has 0 heterocycles. The van der Waals surface area contributed by atoms with E-state index in [0.717, 1.165) is 51.4 Å². The van der Waals surface area contributed by atoms with Gasteiger partial charge in [-0.1, -0.05) is 387 Å². The van der Waals surface area contributed by atoms with Crippen molar-refractivity contribution in [3.05, 3.63) is 0 Å². The third-order valence-corrected chi connectivity index (χ3v) is 17.6. The Hall–Kier alpha value is 1.000. The maximum absolute atomic E-state index is 11.0. The van der Waals surface area contributed by atoms with E-state index in [1.165, 1.54) is 334 Å². The van der Waals surface area contributed by atoms with Crippen LogP contribution >= 0.6 is 0 Å². The Labute approximate surface area is 526 Å². The molecular formula is C68H138CaO8S2. The SMILES string of the molecule is CCCCCCCCCCCCCCCCCCCC(CCCCCCCCCCCCC)COS(=O)(=O)[O-].CCCCCCCCCCCCCCCCCCCC(CCCCCCCCCCCCC)COS(=O)(=O)[O-].[Ca+2]. The average Bonchev–Trinajstić information content (AvgIpc) is 3.41. The summed E-state index contributed by atoms with van der Waals surface area (Å²) in [7, 11) is -9.17. The van der Waals surface area contributed by atoms with Gasteiger partial charge in [-0.05, 0) is 37.5 Å². The molecule has 0 aliphatic carbocycles. The molecule has 472 valence electrons. The summed E-state index contributed by atoms with van der Waals surface area (Å²) in [4.78, 5) is 0. The Morgan fingerprint density at radius 2 is 0.342 bits per heavy atom. The predicted octanol–water partition coefficient (Wildman–Crippen LogP) is 23.3. The molecule has 0 rings (SSSR count). The molecule has 0 aliphatic heterocycles. The van der Waals surface area contributed by atoms with Gasteiger partial charge in [0, 0.05) is 0 Å². The molecule has 0 saturated heterocycles. The number of hydrogen-bond donors (Lipinski definition) is 0. The van der Waals surface area contributed by atoms with Crippen LogP contribution in [0.15, 0.2) is 0 Å². The van der Waals surface area contributed by atoms with Gasteiger partial charge in [-0.2, -0.15) is 0 Å². The van der Waals surface area contributed by atoms with E-state index in [0.29, 0.717) is 0 Å². The summed E-state index contributed by atoms with van der Waals surface area (Å²) < 4.78 is 75.0. The van der Waals surface area contributed by atoms with Gasteiger partial charge in [0.1, 0.15) is 0 Å². The zero-order valence-electron chi connectivity index (χ0n) is 53.8. The summed E-state index contributed by atoms with van der Waals surface area (Å²) in [6.45, 7) is 9.23. The van der Waals surface area contributed by atoms with Gasteiger partial charge >= 0.3 is 37.7 Å². The fourth-order valence-electron chi connectivity index (χ4n) is 11.5. The van der Waals surface area contributed by atoms with Crippen LogP contribution in [0.2, 0.25) is 0 Å². The molecule has 0 amide bonds. The van der Waals surface area contributed by atoms with Crippen molar-refractivity contribution in [2.24, 2.45) is 11.8 Å². The van der Waals surface area contributed by atoms with E-state index in [4.69, 9.17) is 0 Å². The van der Waals surface area contributed by atoms with Crippen LogP contribution in [0.1, 0.15) is 413 Å². The molecule has 0 aromatic heterocycles. The molecule has 0 fully saturated rings. The second-order valence-electron chi connectivity index (χ2n) is 24.7. The first kappa shape index (κ1) is 84.2. The van der Waals surface area contributed by atoms with Gasteiger partial charge in [-0.25, -0.2) is 16.8 Å². The van der Waals surface area contributed by atoms with E-state index in [-0.39, 0.29) is 62.8 Å². The topological polar surface area (TPSA) is 133 Å². The second-order valence-corrected chi connectivity index (χ2v) is 26.8.